The Labute approximate surface area is 125 Å². The maximum Gasteiger partial charge on any atom is 0.241 e. The lowest BCUT2D eigenvalue weighted by Gasteiger charge is -2.27. The van der Waals surface area contributed by atoms with Gasteiger partial charge in [0.15, 0.2) is 0 Å². The summed E-state index contributed by atoms with van der Waals surface area (Å²) in [4.78, 5) is 0.318. The Bertz CT molecular complexity index is 507. The molecule has 0 radical (unpaired) electrons. The fourth-order valence-corrected chi connectivity index (χ4v) is 4.88. The summed E-state index contributed by atoms with van der Waals surface area (Å²) in [6.45, 7) is 0. The summed E-state index contributed by atoms with van der Waals surface area (Å²) < 4.78 is 28.4. The van der Waals surface area contributed by atoms with Crippen LogP contribution < -0.4 is 4.72 Å². The molecule has 18 heavy (non-hydrogen) atoms. The van der Waals surface area contributed by atoms with Gasteiger partial charge in [-0.1, -0.05) is 44.7 Å². The average Bonchev–Trinajstić information content (AvgIpc) is 2.78. The van der Waals surface area contributed by atoms with Gasteiger partial charge >= 0.3 is 0 Å². The minimum atomic E-state index is -3.43. The number of hydrogen-bond acceptors (Lipinski definition) is 2. The lowest BCUT2D eigenvalue weighted by atomic mass is 10.0. The van der Waals surface area contributed by atoms with Crippen molar-refractivity contribution < 1.29 is 8.42 Å². The van der Waals surface area contributed by atoms with E-state index in [1.807, 2.05) is 0 Å². The van der Waals surface area contributed by atoms with E-state index in [9.17, 15) is 8.42 Å². The summed E-state index contributed by atoms with van der Waals surface area (Å²) in [7, 11) is -3.43. The van der Waals surface area contributed by atoms with Crippen LogP contribution in [0.4, 0.5) is 0 Å². The van der Waals surface area contributed by atoms with Crippen molar-refractivity contribution in [3.63, 3.8) is 0 Å². The van der Waals surface area contributed by atoms with Crippen molar-refractivity contribution in [3.8, 4) is 0 Å². The molecule has 1 aliphatic rings. The van der Waals surface area contributed by atoms with E-state index in [4.69, 9.17) is 0 Å². The van der Waals surface area contributed by atoms with E-state index in [0.29, 0.717) is 10.2 Å². The summed E-state index contributed by atoms with van der Waals surface area (Å²) in [5, 5.41) is 0.662. The first-order chi connectivity index (χ1) is 8.47. The molecular weight excluding hydrogens is 382 g/mol. The third kappa shape index (κ3) is 3.15. The van der Waals surface area contributed by atoms with E-state index in [1.165, 1.54) is 0 Å². The van der Waals surface area contributed by atoms with Gasteiger partial charge in [-0.3, -0.25) is 0 Å². The first-order valence-corrected chi connectivity index (χ1v) is 9.23. The van der Waals surface area contributed by atoms with Crippen molar-refractivity contribution in [2.75, 3.05) is 5.33 Å². The summed E-state index contributed by atoms with van der Waals surface area (Å²) in [5.74, 6) is 0. The van der Waals surface area contributed by atoms with Gasteiger partial charge in [-0.05, 0) is 37.1 Å². The molecular formula is C12H15Br2NO2S. The summed E-state index contributed by atoms with van der Waals surface area (Å²) in [5.41, 5.74) is -0.314. The molecule has 0 aliphatic heterocycles. The Hall–Kier alpha value is 0.0900. The van der Waals surface area contributed by atoms with E-state index in [0.717, 1.165) is 30.2 Å². The smallest absolute Gasteiger partial charge is 0.207 e. The van der Waals surface area contributed by atoms with Gasteiger partial charge in [0.2, 0.25) is 10.0 Å². The number of rotatable bonds is 4. The largest absolute Gasteiger partial charge is 0.241 e. The normalized spacial score (nSPS) is 19.0. The second-order valence-electron chi connectivity index (χ2n) is 4.68. The summed E-state index contributed by atoms with van der Waals surface area (Å²) in [6, 6.07) is 6.71. The number of sulfonamides is 1. The lowest BCUT2D eigenvalue weighted by Crippen LogP contribution is -2.47. The monoisotopic (exact) mass is 395 g/mol. The molecule has 1 aromatic rings. The molecule has 1 aliphatic carbocycles. The third-order valence-electron chi connectivity index (χ3n) is 3.29. The molecule has 0 saturated heterocycles. The molecule has 1 aromatic carbocycles. The molecule has 1 N–H and O–H groups in total. The maximum atomic E-state index is 12.3. The van der Waals surface area contributed by atoms with Crippen LogP contribution in [0.25, 0.3) is 0 Å². The number of benzene rings is 1. The molecule has 6 heteroatoms. The van der Waals surface area contributed by atoms with Crippen LogP contribution in [0.5, 0.6) is 0 Å². The van der Waals surface area contributed by atoms with Crippen LogP contribution in [-0.2, 0) is 10.0 Å². The second kappa shape index (κ2) is 5.61. The molecule has 0 heterocycles. The molecule has 1 fully saturated rings. The fourth-order valence-electron chi connectivity index (χ4n) is 2.27. The van der Waals surface area contributed by atoms with Crippen molar-refractivity contribution in [1.82, 2.24) is 4.72 Å². The molecule has 0 spiro atoms. The molecule has 3 nitrogen and oxygen atoms in total. The number of nitrogens with one attached hydrogen (secondary N) is 1. The van der Waals surface area contributed by atoms with E-state index in [1.54, 1.807) is 24.3 Å². The van der Waals surface area contributed by atoms with Gasteiger partial charge in [-0.25, -0.2) is 13.1 Å². The van der Waals surface area contributed by atoms with E-state index >= 15 is 0 Å². The highest BCUT2D eigenvalue weighted by atomic mass is 79.9. The average molecular weight is 397 g/mol. The SMILES string of the molecule is O=S(=O)(NC1(CBr)CCCC1)c1ccc(Br)cc1. The molecule has 0 bridgehead atoms. The number of alkyl halides is 1. The zero-order valence-corrected chi connectivity index (χ0v) is 13.8. The number of hydrogen-bond donors (Lipinski definition) is 1. The summed E-state index contributed by atoms with van der Waals surface area (Å²) in [6.07, 6.45) is 3.95. The van der Waals surface area contributed by atoms with Crippen LogP contribution in [0.2, 0.25) is 0 Å². The molecule has 2 rings (SSSR count). The first kappa shape index (κ1) is 14.5. The zero-order valence-electron chi connectivity index (χ0n) is 9.83. The molecule has 0 amide bonds. The van der Waals surface area contributed by atoms with Crippen molar-refractivity contribution in [2.24, 2.45) is 0 Å². The minimum absolute atomic E-state index is 0.314. The quantitative estimate of drug-likeness (QED) is 0.792. The standard InChI is InChI=1S/C12H15Br2NO2S/c13-9-12(7-1-2-8-12)15-18(16,17)11-5-3-10(14)4-6-11/h3-6,15H,1-2,7-9H2. The van der Waals surface area contributed by atoms with Gasteiger partial charge < -0.3 is 0 Å². The van der Waals surface area contributed by atoms with Gasteiger partial charge in [0, 0.05) is 15.3 Å². The Morgan fingerprint density at radius 2 is 1.72 bits per heavy atom. The van der Waals surface area contributed by atoms with Gasteiger partial charge in [0.25, 0.3) is 0 Å². The highest BCUT2D eigenvalue weighted by molar-refractivity contribution is 9.10. The van der Waals surface area contributed by atoms with Crippen LogP contribution in [0.1, 0.15) is 25.7 Å². The van der Waals surface area contributed by atoms with E-state index in [-0.39, 0.29) is 5.54 Å². The maximum absolute atomic E-state index is 12.3. The van der Waals surface area contributed by atoms with Crippen LogP contribution in [0.15, 0.2) is 33.6 Å². The van der Waals surface area contributed by atoms with Crippen LogP contribution in [0.3, 0.4) is 0 Å². The molecule has 100 valence electrons. The predicted molar refractivity (Wildman–Crippen MR) is 79.5 cm³/mol. The van der Waals surface area contributed by atoms with Crippen LogP contribution in [0, 0.1) is 0 Å². The van der Waals surface area contributed by atoms with Crippen molar-refractivity contribution in [3.05, 3.63) is 28.7 Å². The third-order valence-corrected chi connectivity index (χ3v) is 6.49. The zero-order chi connectivity index (χ0) is 13.2. The van der Waals surface area contributed by atoms with E-state index in [2.05, 4.69) is 36.6 Å². The molecule has 0 atom stereocenters. The highest BCUT2D eigenvalue weighted by Crippen LogP contribution is 2.32. The van der Waals surface area contributed by atoms with Crippen molar-refractivity contribution in [1.29, 1.82) is 0 Å². The summed E-state index contributed by atoms with van der Waals surface area (Å²) >= 11 is 6.74. The van der Waals surface area contributed by atoms with Gasteiger partial charge in [0.1, 0.15) is 0 Å². The topological polar surface area (TPSA) is 46.2 Å². The molecule has 0 unspecified atom stereocenters. The Balaban J connectivity index is 2.24. The van der Waals surface area contributed by atoms with Crippen molar-refractivity contribution >= 4 is 41.9 Å². The van der Waals surface area contributed by atoms with E-state index < -0.39 is 10.0 Å². The van der Waals surface area contributed by atoms with Gasteiger partial charge in [0.05, 0.1) is 4.90 Å². The Kier molecular flexibility index (Phi) is 4.52. The predicted octanol–water partition coefficient (Wildman–Crippen LogP) is 3.44. The first-order valence-electron chi connectivity index (χ1n) is 5.83. The number of halogens is 2. The fraction of sp³-hybridized carbons (Fsp3) is 0.500. The molecule has 0 aromatic heterocycles. The second-order valence-corrected chi connectivity index (χ2v) is 7.84. The lowest BCUT2D eigenvalue weighted by molar-refractivity contribution is 0.438. The van der Waals surface area contributed by atoms with Gasteiger partial charge in [-0.15, -0.1) is 0 Å². The van der Waals surface area contributed by atoms with Gasteiger partial charge in [-0.2, -0.15) is 0 Å². The highest BCUT2D eigenvalue weighted by Gasteiger charge is 2.36. The minimum Gasteiger partial charge on any atom is -0.207 e. The Morgan fingerprint density at radius 1 is 1.17 bits per heavy atom. The van der Waals surface area contributed by atoms with Crippen LogP contribution in [-0.4, -0.2) is 19.3 Å². The Morgan fingerprint density at radius 3 is 2.22 bits per heavy atom. The van der Waals surface area contributed by atoms with Crippen molar-refractivity contribution in [2.45, 2.75) is 36.1 Å². The molecule has 1 saturated carbocycles. The van der Waals surface area contributed by atoms with Crippen LogP contribution >= 0.6 is 31.9 Å².